The fraction of sp³-hybridized carbons (Fsp3) is 0.300. The summed E-state index contributed by atoms with van der Waals surface area (Å²) >= 11 is 0. The third kappa shape index (κ3) is 2.28. The summed E-state index contributed by atoms with van der Waals surface area (Å²) in [6, 6.07) is 0. The maximum Gasteiger partial charge on any atom is 0.256 e. The number of aryl methyl sites for hydroxylation is 1. The van der Waals surface area contributed by atoms with Crippen molar-refractivity contribution >= 4 is 5.91 Å². The van der Waals surface area contributed by atoms with E-state index in [0.717, 1.165) is 12.1 Å². The number of aromatic nitrogens is 3. The highest BCUT2D eigenvalue weighted by Gasteiger charge is 2.11. The highest BCUT2D eigenvalue weighted by atomic mass is 16.5. The minimum Gasteiger partial charge on any atom is -0.361 e. The van der Waals surface area contributed by atoms with Crippen LogP contribution in [0, 0.1) is 6.92 Å². The minimum atomic E-state index is -0.168. The van der Waals surface area contributed by atoms with Gasteiger partial charge >= 0.3 is 0 Å². The molecule has 0 aromatic carbocycles. The first-order valence-electron chi connectivity index (χ1n) is 4.94. The molecule has 0 aliphatic carbocycles. The lowest BCUT2D eigenvalue weighted by atomic mass is 10.2. The molecule has 1 amide bonds. The number of hydrogen-bond donors (Lipinski definition) is 2. The van der Waals surface area contributed by atoms with E-state index in [-0.39, 0.29) is 5.91 Å². The normalized spacial score (nSPS) is 10.3. The number of imidazole rings is 1. The fourth-order valence-corrected chi connectivity index (χ4v) is 1.34. The van der Waals surface area contributed by atoms with Crippen molar-refractivity contribution < 1.29 is 9.32 Å². The van der Waals surface area contributed by atoms with Crippen molar-refractivity contribution in [3.63, 3.8) is 0 Å². The second-order valence-electron chi connectivity index (χ2n) is 3.38. The van der Waals surface area contributed by atoms with Gasteiger partial charge in [-0.2, -0.15) is 0 Å². The van der Waals surface area contributed by atoms with Crippen molar-refractivity contribution in [1.29, 1.82) is 0 Å². The summed E-state index contributed by atoms with van der Waals surface area (Å²) in [5, 5.41) is 6.33. The largest absolute Gasteiger partial charge is 0.361 e. The van der Waals surface area contributed by atoms with Crippen LogP contribution in [0.3, 0.4) is 0 Å². The second-order valence-corrected chi connectivity index (χ2v) is 3.38. The molecule has 0 saturated carbocycles. The van der Waals surface area contributed by atoms with Crippen LogP contribution < -0.4 is 5.32 Å². The van der Waals surface area contributed by atoms with E-state index in [4.69, 9.17) is 4.52 Å². The number of hydrogen-bond acceptors (Lipinski definition) is 4. The summed E-state index contributed by atoms with van der Waals surface area (Å²) < 4.78 is 4.81. The zero-order valence-electron chi connectivity index (χ0n) is 8.86. The van der Waals surface area contributed by atoms with E-state index < -0.39 is 0 Å². The highest BCUT2D eigenvalue weighted by molar-refractivity contribution is 5.94. The topological polar surface area (TPSA) is 83.8 Å². The van der Waals surface area contributed by atoms with E-state index in [2.05, 4.69) is 20.4 Å². The number of H-pyrrole nitrogens is 1. The number of aromatic amines is 1. The number of amides is 1. The van der Waals surface area contributed by atoms with Crippen LogP contribution in [0.5, 0.6) is 0 Å². The van der Waals surface area contributed by atoms with Gasteiger partial charge in [-0.05, 0) is 6.92 Å². The fourth-order valence-electron chi connectivity index (χ4n) is 1.34. The Hall–Kier alpha value is -2.11. The van der Waals surface area contributed by atoms with E-state index >= 15 is 0 Å². The number of nitrogens with one attached hydrogen (secondary N) is 2. The Balaban J connectivity index is 1.83. The molecule has 16 heavy (non-hydrogen) atoms. The Morgan fingerprint density at radius 2 is 2.44 bits per heavy atom. The van der Waals surface area contributed by atoms with Crippen LogP contribution in [0.15, 0.2) is 23.2 Å². The molecule has 84 valence electrons. The van der Waals surface area contributed by atoms with Crippen molar-refractivity contribution in [1.82, 2.24) is 20.4 Å². The zero-order valence-corrected chi connectivity index (χ0v) is 8.86. The Morgan fingerprint density at radius 1 is 1.56 bits per heavy atom. The van der Waals surface area contributed by atoms with Gasteiger partial charge < -0.3 is 14.8 Å². The van der Waals surface area contributed by atoms with E-state index in [1.54, 1.807) is 19.4 Å². The zero-order chi connectivity index (χ0) is 11.4. The van der Waals surface area contributed by atoms with Crippen molar-refractivity contribution in [3.05, 3.63) is 35.7 Å². The van der Waals surface area contributed by atoms with Gasteiger partial charge in [0.1, 0.15) is 11.3 Å². The third-order valence-corrected chi connectivity index (χ3v) is 2.23. The SMILES string of the molecule is Cc1oncc1C(=O)NCCc1cnc[nH]1. The Kier molecular flexibility index (Phi) is 3.00. The summed E-state index contributed by atoms with van der Waals surface area (Å²) in [5.74, 6) is 0.359. The molecule has 0 unspecified atom stereocenters. The lowest BCUT2D eigenvalue weighted by Gasteiger charge is -2.01. The lowest BCUT2D eigenvalue weighted by Crippen LogP contribution is -2.25. The first-order chi connectivity index (χ1) is 7.77. The molecule has 0 fully saturated rings. The molecule has 6 nitrogen and oxygen atoms in total. The van der Waals surface area contributed by atoms with Crippen LogP contribution in [-0.2, 0) is 6.42 Å². The molecule has 0 bridgehead atoms. The molecule has 2 aromatic heterocycles. The predicted molar refractivity (Wildman–Crippen MR) is 55.9 cm³/mol. The Bertz CT molecular complexity index is 461. The van der Waals surface area contributed by atoms with Gasteiger partial charge in [0.05, 0.1) is 12.5 Å². The summed E-state index contributed by atoms with van der Waals surface area (Å²) in [6.07, 6.45) is 5.48. The van der Waals surface area contributed by atoms with Crippen LogP contribution in [0.2, 0.25) is 0 Å². The van der Waals surface area contributed by atoms with E-state index in [0.29, 0.717) is 17.9 Å². The molecule has 0 aliphatic rings. The first-order valence-corrected chi connectivity index (χ1v) is 4.94. The highest BCUT2D eigenvalue weighted by Crippen LogP contribution is 2.04. The van der Waals surface area contributed by atoms with Crippen molar-refractivity contribution in [2.24, 2.45) is 0 Å². The van der Waals surface area contributed by atoms with Gasteiger partial charge in [0.15, 0.2) is 0 Å². The molecule has 0 spiro atoms. The van der Waals surface area contributed by atoms with Crippen LogP contribution in [0.25, 0.3) is 0 Å². The average molecular weight is 220 g/mol. The first kappa shape index (κ1) is 10.4. The molecule has 6 heteroatoms. The second kappa shape index (κ2) is 4.61. The van der Waals surface area contributed by atoms with Crippen molar-refractivity contribution in [2.75, 3.05) is 6.54 Å². The minimum absolute atomic E-state index is 0.168. The lowest BCUT2D eigenvalue weighted by molar-refractivity contribution is 0.0952. The van der Waals surface area contributed by atoms with Gasteiger partial charge in [-0.1, -0.05) is 5.16 Å². The van der Waals surface area contributed by atoms with Crippen LogP contribution in [0.4, 0.5) is 0 Å². The average Bonchev–Trinajstić information content (AvgIpc) is 2.88. The molecular weight excluding hydrogens is 208 g/mol. The molecule has 2 rings (SSSR count). The molecule has 0 atom stereocenters. The quantitative estimate of drug-likeness (QED) is 0.793. The molecule has 0 aliphatic heterocycles. The Morgan fingerprint density at radius 3 is 3.06 bits per heavy atom. The van der Waals surface area contributed by atoms with Crippen LogP contribution >= 0.6 is 0 Å². The van der Waals surface area contributed by atoms with E-state index in [9.17, 15) is 4.79 Å². The number of carbonyl (C=O) groups is 1. The van der Waals surface area contributed by atoms with Gasteiger partial charge in [0, 0.05) is 24.9 Å². The summed E-state index contributed by atoms with van der Waals surface area (Å²) in [7, 11) is 0. The Labute approximate surface area is 92.1 Å². The summed E-state index contributed by atoms with van der Waals surface area (Å²) in [5.41, 5.74) is 1.46. The monoisotopic (exact) mass is 220 g/mol. The summed E-state index contributed by atoms with van der Waals surface area (Å²) in [6.45, 7) is 2.25. The van der Waals surface area contributed by atoms with Gasteiger partial charge in [-0.15, -0.1) is 0 Å². The van der Waals surface area contributed by atoms with Crippen LogP contribution in [-0.4, -0.2) is 27.6 Å². The van der Waals surface area contributed by atoms with E-state index in [1.807, 2.05) is 0 Å². The molecule has 2 aromatic rings. The van der Waals surface area contributed by atoms with Gasteiger partial charge in [-0.25, -0.2) is 4.98 Å². The summed E-state index contributed by atoms with van der Waals surface area (Å²) in [4.78, 5) is 18.5. The number of rotatable bonds is 4. The molecular formula is C10H12N4O2. The molecule has 2 N–H and O–H groups in total. The van der Waals surface area contributed by atoms with E-state index in [1.165, 1.54) is 6.20 Å². The smallest absolute Gasteiger partial charge is 0.256 e. The standard InChI is InChI=1S/C10H12N4O2/c1-7-9(5-14-16-7)10(15)12-3-2-8-4-11-6-13-8/h4-6H,2-3H2,1H3,(H,11,13)(H,12,15). The molecule has 0 saturated heterocycles. The van der Waals surface area contributed by atoms with Gasteiger partial charge in [-0.3, -0.25) is 4.79 Å². The molecule has 0 radical (unpaired) electrons. The predicted octanol–water partition coefficient (Wildman–Crippen LogP) is 0.679. The maximum atomic E-state index is 11.6. The molecule has 2 heterocycles. The van der Waals surface area contributed by atoms with Crippen LogP contribution in [0.1, 0.15) is 21.8 Å². The number of nitrogens with zero attached hydrogens (tertiary/aromatic N) is 2. The maximum absolute atomic E-state index is 11.6. The number of carbonyl (C=O) groups excluding carboxylic acids is 1. The van der Waals surface area contributed by atoms with Gasteiger partial charge in [0.25, 0.3) is 5.91 Å². The third-order valence-electron chi connectivity index (χ3n) is 2.23. The van der Waals surface area contributed by atoms with Crippen molar-refractivity contribution in [2.45, 2.75) is 13.3 Å². The van der Waals surface area contributed by atoms with Crippen molar-refractivity contribution in [3.8, 4) is 0 Å². The van der Waals surface area contributed by atoms with Gasteiger partial charge in [0.2, 0.25) is 0 Å².